The number of hydrogen-bond acceptors (Lipinski definition) is 5. The van der Waals surface area contributed by atoms with Crippen molar-refractivity contribution >= 4 is 45.8 Å². The van der Waals surface area contributed by atoms with Gasteiger partial charge < -0.3 is 4.74 Å². The van der Waals surface area contributed by atoms with Crippen molar-refractivity contribution in [3.05, 3.63) is 58.9 Å². The van der Waals surface area contributed by atoms with Crippen molar-refractivity contribution in [1.82, 2.24) is 9.88 Å². The van der Waals surface area contributed by atoms with Crippen LogP contribution in [0, 0.1) is 12.3 Å². The molecule has 1 fully saturated rings. The number of amides is 1. The molecule has 0 radical (unpaired) electrons. The zero-order valence-electron chi connectivity index (χ0n) is 13.7. The molecule has 1 saturated heterocycles. The fourth-order valence-electron chi connectivity index (χ4n) is 2.57. The lowest BCUT2D eigenvalue weighted by Gasteiger charge is -2.15. The second-order valence-corrected chi connectivity index (χ2v) is 7.86. The quantitative estimate of drug-likeness (QED) is 0.544. The molecule has 3 rings (SSSR count). The fraction of sp³-hybridized carbons (Fsp3) is 0.211. The first kappa shape index (κ1) is 18.7. The highest BCUT2D eigenvalue weighted by Gasteiger charge is 2.36. The maximum absolute atomic E-state index is 12.7. The number of thiocarbonyl (C=S) groups is 1. The van der Waals surface area contributed by atoms with Crippen molar-refractivity contribution in [1.29, 1.82) is 0 Å². The van der Waals surface area contributed by atoms with E-state index < -0.39 is 0 Å². The normalized spacial score (nSPS) is 16.6. The minimum atomic E-state index is -0.257. The molecular weight excluding hydrogens is 388 g/mol. The largest absolute Gasteiger partial charge is 0.479 e. The molecule has 0 saturated carbocycles. The number of halogens is 1. The maximum atomic E-state index is 12.7. The van der Waals surface area contributed by atoms with Gasteiger partial charge in [-0.05, 0) is 35.7 Å². The van der Waals surface area contributed by atoms with Crippen LogP contribution in [-0.2, 0) is 17.8 Å². The molecule has 1 aliphatic rings. The molecule has 0 aliphatic carbocycles. The summed E-state index contributed by atoms with van der Waals surface area (Å²) >= 11 is 13.0. The van der Waals surface area contributed by atoms with Gasteiger partial charge in [0.25, 0.3) is 0 Å². The van der Waals surface area contributed by atoms with Crippen molar-refractivity contribution < 1.29 is 9.53 Å². The number of carbonyl (C=O) groups is 1. The Kier molecular flexibility index (Phi) is 6.15. The first-order valence-corrected chi connectivity index (χ1v) is 9.50. The molecule has 132 valence electrons. The van der Waals surface area contributed by atoms with Crippen LogP contribution in [0.25, 0.3) is 0 Å². The summed E-state index contributed by atoms with van der Waals surface area (Å²) in [7, 11) is 0. The summed E-state index contributed by atoms with van der Waals surface area (Å²) < 4.78 is 5.94. The predicted octanol–water partition coefficient (Wildman–Crippen LogP) is 3.72. The van der Waals surface area contributed by atoms with Gasteiger partial charge in [0.2, 0.25) is 5.91 Å². The van der Waals surface area contributed by atoms with Gasteiger partial charge in [-0.15, -0.1) is 6.42 Å². The Balaban J connectivity index is 1.67. The third-order valence-electron chi connectivity index (χ3n) is 3.80. The van der Waals surface area contributed by atoms with Crippen molar-refractivity contribution in [2.24, 2.45) is 0 Å². The smallest absolute Gasteiger partial charge is 0.242 e. The van der Waals surface area contributed by atoms with E-state index >= 15 is 0 Å². The molecule has 0 bridgehead atoms. The van der Waals surface area contributed by atoms with E-state index in [1.807, 2.05) is 18.2 Å². The van der Waals surface area contributed by atoms with Crippen LogP contribution in [0.5, 0.6) is 5.75 Å². The lowest BCUT2D eigenvalue weighted by atomic mass is 10.1. The number of rotatable bonds is 6. The van der Waals surface area contributed by atoms with E-state index in [2.05, 4.69) is 10.9 Å². The first-order valence-electron chi connectivity index (χ1n) is 7.84. The van der Waals surface area contributed by atoms with Gasteiger partial charge in [-0.1, -0.05) is 53.6 Å². The van der Waals surface area contributed by atoms with Crippen LogP contribution in [-0.4, -0.2) is 32.0 Å². The molecule has 1 aliphatic heterocycles. The van der Waals surface area contributed by atoms with E-state index in [9.17, 15) is 4.79 Å². The highest BCUT2D eigenvalue weighted by molar-refractivity contribution is 8.24. The van der Waals surface area contributed by atoms with Gasteiger partial charge in [0.05, 0.1) is 16.8 Å². The number of aromatic nitrogens is 1. The van der Waals surface area contributed by atoms with Gasteiger partial charge in [0.15, 0.2) is 0 Å². The molecule has 0 unspecified atom stereocenters. The van der Waals surface area contributed by atoms with Crippen LogP contribution in [0.3, 0.4) is 0 Å². The Labute approximate surface area is 166 Å². The van der Waals surface area contributed by atoms with Gasteiger partial charge in [-0.3, -0.25) is 14.7 Å². The highest BCUT2D eigenvalue weighted by Crippen LogP contribution is 2.33. The highest BCUT2D eigenvalue weighted by atomic mass is 35.5. The number of pyridine rings is 1. The number of thioether (sulfide) groups is 1. The molecule has 0 spiro atoms. The summed E-state index contributed by atoms with van der Waals surface area (Å²) in [5.41, 5.74) is 1.89. The van der Waals surface area contributed by atoms with Crippen molar-refractivity contribution in [3.8, 4) is 18.1 Å². The summed E-state index contributed by atoms with van der Waals surface area (Å²) in [5.74, 6) is 2.94. The van der Waals surface area contributed by atoms with Crippen LogP contribution >= 0.6 is 35.6 Å². The Bertz CT molecular complexity index is 868. The fourth-order valence-corrected chi connectivity index (χ4v) is 4.36. The number of carbonyl (C=O) groups excluding carboxylic acids is 1. The summed E-state index contributed by atoms with van der Waals surface area (Å²) in [6.07, 6.45) is 9.17. The number of terminal acetylenes is 1. The minimum absolute atomic E-state index is 0.00707. The zero-order chi connectivity index (χ0) is 18.5. The van der Waals surface area contributed by atoms with Crippen molar-refractivity contribution in [3.63, 3.8) is 0 Å². The van der Waals surface area contributed by atoms with Crippen molar-refractivity contribution in [2.75, 3.05) is 6.61 Å². The third kappa shape index (κ3) is 4.36. The van der Waals surface area contributed by atoms with Gasteiger partial charge in [0.1, 0.15) is 16.7 Å². The van der Waals surface area contributed by atoms with E-state index in [4.69, 9.17) is 35.0 Å². The first-order chi connectivity index (χ1) is 12.6. The molecule has 1 amide bonds. The summed E-state index contributed by atoms with van der Waals surface area (Å²) in [5, 5.41) is 0.218. The topological polar surface area (TPSA) is 42.4 Å². The molecule has 0 N–H and O–H groups in total. The number of ether oxygens (including phenoxy) is 1. The van der Waals surface area contributed by atoms with Crippen LogP contribution in [0.15, 0.2) is 42.7 Å². The molecule has 7 heteroatoms. The minimum Gasteiger partial charge on any atom is -0.479 e. The molecule has 1 atom stereocenters. The van der Waals surface area contributed by atoms with Crippen LogP contribution in [0.1, 0.15) is 11.1 Å². The maximum Gasteiger partial charge on any atom is 0.242 e. The molecule has 2 heterocycles. The average molecular weight is 403 g/mol. The number of benzene rings is 1. The Morgan fingerprint density at radius 2 is 2.23 bits per heavy atom. The molecular formula is C19H15ClN2O2S2. The Hall–Kier alpha value is -2.07. The second kappa shape index (κ2) is 8.54. The van der Waals surface area contributed by atoms with E-state index in [0.29, 0.717) is 28.1 Å². The van der Waals surface area contributed by atoms with E-state index in [1.54, 1.807) is 29.4 Å². The summed E-state index contributed by atoms with van der Waals surface area (Å²) in [6.45, 7) is 0.599. The monoisotopic (exact) mass is 402 g/mol. The number of nitrogens with zero attached hydrogens (tertiary/aromatic N) is 2. The Morgan fingerprint density at radius 1 is 1.38 bits per heavy atom. The van der Waals surface area contributed by atoms with Crippen LogP contribution in [0.2, 0.25) is 5.02 Å². The SMILES string of the molecule is C#CCOc1ccc(C[C@@H]2SC(=S)N(Cc3cccnc3)C2=O)cc1Cl. The summed E-state index contributed by atoms with van der Waals surface area (Å²) in [4.78, 5) is 18.4. The van der Waals surface area contributed by atoms with E-state index in [-0.39, 0.29) is 17.8 Å². The molecule has 2 aromatic rings. The molecule has 1 aromatic heterocycles. The Morgan fingerprint density at radius 3 is 2.92 bits per heavy atom. The molecule has 1 aromatic carbocycles. The average Bonchev–Trinajstić information content (AvgIpc) is 2.89. The lowest BCUT2D eigenvalue weighted by Crippen LogP contribution is -2.31. The van der Waals surface area contributed by atoms with Gasteiger partial charge in [-0.2, -0.15) is 0 Å². The third-order valence-corrected chi connectivity index (χ3v) is 5.68. The summed E-state index contributed by atoms with van der Waals surface area (Å²) in [6, 6.07) is 9.22. The zero-order valence-corrected chi connectivity index (χ0v) is 16.1. The standard InChI is InChI=1S/C19H15ClN2O2S2/c1-2-8-24-16-6-5-13(9-15(16)20)10-17-18(23)22(19(25)26-17)12-14-4-3-7-21-11-14/h1,3-7,9,11,17H,8,10,12H2/t17-/m0/s1. The molecule has 26 heavy (non-hydrogen) atoms. The van der Waals surface area contributed by atoms with Gasteiger partial charge >= 0.3 is 0 Å². The number of hydrogen-bond donors (Lipinski definition) is 0. The van der Waals surface area contributed by atoms with Crippen molar-refractivity contribution in [2.45, 2.75) is 18.2 Å². The van der Waals surface area contributed by atoms with E-state index in [1.165, 1.54) is 11.8 Å². The van der Waals surface area contributed by atoms with Gasteiger partial charge in [-0.25, -0.2) is 0 Å². The molecule has 4 nitrogen and oxygen atoms in total. The van der Waals surface area contributed by atoms with Gasteiger partial charge in [0, 0.05) is 12.4 Å². The second-order valence-electron chi connectivity index (χ2n) is 5.62. The predicted molar refractivity (Wildman–Crippen MR) is 108 cm³/mol. The van der Waals surface area contributed by atoms with Crippen LogP contribution < -0.4 is 4.74 Å². The van der Waals surface area contributed by atoms with Crippen LogP contribution in [0.4, 0.5) is 0 Å². The van der Waals surface area contributed by atoms with E-state index in [0.717, 1.165) is 11.1 Å². The lowest BCUT2D eigenvalue weighted by molar-refractivity contribution is -0.126.